The molecule has 0 spiro atoms. The molecular formula is C43H32O4. The number of hydrogen-bond acceptors (Lipinski definition) is 4. The number of rotatable bonds is 4. The SMILES string of the molecule is Cc1ccc(/C=C2\COc3c(cc4ccccc4c3Cc3c4c(cc5ccccc35)C(=O)/C(=C/c3ccc(C)cc3)CO4)C2=O)cc1. The molecule has 0 saturated heterocycles. The summed E-state index contributed by atoms with van der Waals surface area (Å²) in [4.78, 5) is 28.0. The average molecular weight is 613 g/mol. The summed E-state index contributed by atoms with van der Waals surface area (Å²) < 4.78 is 13.0. The smallest absolute Gasteiger partial charge is 0.196 e. The fraction of sp³-hybridized carbons (Fsp3) is 0.116. The van der Waals surface area contributed by atoms with Gasteiger partial charge in [0.2, 0.25) is 0 Å². The standard InChI is InChI=1S/C43H32O4/c1-26-11-15-28(16-12-26)19-32-24-46-42-36(34-9-5-3-7-30(34)21-38(42)40(32)44)23-37-35-10-6-4-8-31(35)22-39-41(45)33(25-47-43(37)39)20-29-17-13-27(2)14-18-29/h3-22H,23-25H2,1-2H3/b32-19+,33-20+. The van der Waals surface area contributed by atoms with Crippen LogP contribution in [0.25, 0.3) is 33.7 Å². The van der Waals surface area contributed by atoms with Crippen molar-refractivity contribution in [2.24, 2.45) is 0 Å². The lowest BCUT2D eigenvalue weighted by Gasteiger charge is -2.26. The molecule has 228 valence electrons. The molecule has 6 aromatic rings. The van der Waals surface area contributed by atoms with E-state index in [1.807, 2.05) is 123 Å². The van der Waals surface area contributed by atoms with Crippen LogP contribution in [0.4, 0.5) is 0 Å². The Labute approximate surface area is 273 Å². The number of Topliss-reactive ketones (excluding diaryl/α,β-unsaturated/α-hetero) is 2. The summed E-state index contributed by atoms with van der Waals surface area (Å²) in [6.07, 6.45) is 4.27. The van der Waals surface area contributed by atoms with E-state index >= 15 is 0 Å². The van der Waals surface area contributed by atoms with Gasteiger partial charge in [-0.15, -0.1) is 0 Å². The van der Waals surface area contributed by atoms with Gasteiger partial charge in [-0.3, -0.25) is 9.59 Å². The second kappa shape index (κ2) is 11.6. The minimum absolute atomic E-state index is 0.0314. The Morgan fingerprint density at radius 2 is 0.957 bits per heavy atom. The lowest BCUT2D eigenvalue weighted by Crippen LogP contribution is -2.22. The lowest BCUT2D eigenvalue weighted by molar-refractivity contribution is 0.0993. The highest BCUT2D eigenvalue weighted by atomic mass is 16.5. The van der Waals surface area contributed by atoms with Crippen molar-refractivity contribution in [3.8, 4) is 11.5 Å². The van der Waals surface area contributed by atoms with Crippen molar-refractivity contribution in [2.75, 3.05) is 13.2 Å². The predicted molar refractivity (Wildman–Crippen MR) is 189 cm³/mol. The highest BCUT2D eigenvalue weighted by molar-refractivity contribution is 6.17. The van der Waals surface area contributed by atoms with Crippen LogP contribution in [-0.2, 0) is 6.42 Å². The summed E-state index contributed by atoms with van der Waals surface area (Å²) in [5.74, 6) is 1.13. The molecule has 0 saturated carbocycles. The number of fused-ring (bicyclic) bond motifs is 4. The number of carbonyl (C=O) groups excluding carboxylic acids is 2. The molecule has 6 aromatic carbocycles. The summed E-state index contributed by atoms with van der Waals surface area (Å²) in [6.45, 7) is 4.45. The number of benzene rings is 6. The van der Waals surface area contributed by atoms with E-state index in [4.69, 9.17) is 9.47 Å². The molecule has 4 heteroatoms. The van der Waals surface area contributed by atoms with E-state index in [-0.39, 0.29) is 24.8 Å². The third-order valence-corrected chi connectivity index (χ3v) is 9.22. The van der Waals surface area contributed by atoms with Crippen LogP contribution < -0.4 is 9.47 Å². The molecule has 2 aliphatic rings. The molecule has 0 fully saturated rings. The van der Waals surface area contributed by atoms with Gasteiger partial charge in [0.25, 0.3) is 0 Å². The Morgan fingerprint density at radius 1 is 0.553 bits per heavy atom. The molecule has 2 heterocycles. The largest absolute Gasteiger partial charge is 0.488 e. The van der Waals surface area contributed by atoms with Crippen LogP contribution in [0.2, 0.25) is 0 Å². The number of ether oxygens (including phenoxy) is 2. The van der Waals surface area contributed by atoms with Gasteiger partial charge in [-0.2, -0.15) is 0 Å². The van der Waals surface area contributed by atoms with Crippen molar-refractivity contribution in [2.45, 2.75) is 20.3 Å². The molecule has 0 radical (unpaired) electrons. The quantitative estimate of drug-likeness (QED) is 0.186. The summed E-state index contributed by atoms with van der Waals surface area (Å²) in [5.41, 5.74) is 8.43. The van der Waals surface area contributed by atoms with Gasteiger partial charge < -0.3 is 9.47 Å². The zero-order chi connectivity index (χ0) is 32.1. The van der Waals surface area contributed by atoms with Gasteiger partial charge in [-0.1, -0.05) is 108 Å². The molecule has 8 rings (SSSR count). The van der Waals surface area contributed by atoms with Gasteiger partial charge >= 0.3 is 0 Å². The predicted octanol–water partition coefficient (Wildman–Crippen LogP) is 9.52. The first-order valence-electron chi connectivity index (χ1n) is 15.9. The van der Waals surface area contributed by atoms with Crippen LogP contribution in [0.1, 0.15) is 54.1 Å². The highest BCUT2D eigenvalue weighted by Crippen LogP contribution is 2.43. The molecule has 0 bridgehead atoms. The highest BCUT2D eigenvalue weighted by Gasteiger charge is 2.31. The first-order chi connectivity index (χ1) is 22.9. The van der Waals surface area contributed by atoms with Crippen molar-refractivity contribution < 1.29 is 19.1 Å². The Bertz CT molecular complexity index is 2140. The second-order valence-corrected chi connectivity index (χ2v) is 12.5. The number of ketones is 2. The van der Waals surface area contributed by atoms with Gasteiger partial charge in [0.15, 0.2) is 11.6 Å². The minimum Gasteiger partial charge on any atom is -0.488 e. The van der Waals surface area contributed by atoms with E-state index in [1.54, 1.807) is 0 Å². The van der Waals surface area contributed by atoms with Crippen LogP contribution in [0, 0.1) is 13.8 Å². The third kappa shape index (κ3) is 5.22. The van der Waals surface area contributed by atoms with Crippen molar-refractivity contribution in [1.29, 1.82) is 0 Å². The maximum atomic E-state index is 14.0. The lowest BCUT2D eigenvalue weighted by atomic mass is 9.86. The van der Waals surface area contributed by atoms with Gasteiger partial charge in [-0.05, 0) is 70.8 Å². The number of aryl methyl sites for hydroxylation is 2. The van der Waals surface area contributed by atoms with Crippen LogP contribution >= 0.6 is 0 Å². The van der Waals surface area contributed by atoms with Crippen LogP contribution in [0.15, 0.2) is 120 Å². The molecule has 0 aromatic heterocycles. The Morgan fingerprint density at radius 3 is 1.38 bits per heavy atom. The van der Waals surface area contributed by atoms with Crippen molar-refractivity contribution in [1.82, 2.24) is 0 Å². The summed E-state index contributed by atoms with van der Waals surface area (Å²) in [5, 5.41) is 3.94. The van der Waals surface area contributed by atoms with Crippen molar-refractivity contribution >= 4 is 45.3 Å². The molecule has 0 unspecified atom stereocenters. The zero-order valence-corrected chi connectivity index (χ0v) is 26.3. The molecule has 2 aliphatic heterocycles. The Balaban J connectivity index is 1.26. The van der Waals surface area contributed by atoms with E-state index in [2.05, 4.69) is 12.1 Å². The maximum Gasteiger partial charge on any atom is 0.196 e. The fourth-order valence-electron chi connectivity index (χ4n) is 6.72. The Hall–Kier alpha value is -5.74. The normalized spacial score (nSPS) is 15.9. The Kier molecular flexibility index (Phi) is 7.06. The minimum atomic E-state index is -0.0314. The molecule has 0 atom stereocenters. The van der Waals surface area contributed by atoms with Crippen LogP contribution in [0.3, 0.4) is 0 Å². The van der Waals surface area contributed by atoms with E-state index in [9.17, 15) is 9.59 Å². The first kappa shape index (κ1) is 28.7. The molecule has 0 N–H and O–H groups in total. The summed E-state index contributed by atoms with van der Waals surface area (Å²) >= 11 is 0. The van der Waals surface area contributed by atoms with E-state index in [0.29, 0.717) is 40.2 Å². The molecule has 0 aliphatic carbocycles. The third-order valence-electron chi connectivity index (χ3n) is 9.22. The van der Waals surface area contributed by atoms with Gasteiger partial charge in [-0.25, -0.2) is 0 Å². The summed E-state index contributed by atoms with van der Waals surface area (Å²) in [7, 11) is 0. The molecule has 47 heavy (non-hydrogen) atoms. The number of carbonyl (C=O) groups is 2. The zero-order valence-electron chi connectivity index (χ0n) is 26.3. The summed E-state index contributed by atoms with van der Waals surface area (Å²) in [6, 6.07) is 36.3. The first-order valence-corrected chi connectivity index (χ1v) is 15.9. The van der Waals surface area contributed by atoms with Crippen LogP contribution in [0.5, 0.6) is 11.5 Å². The average Bonchev–Trinajstić information content (AvgIpc) is 3.09. The van der Waals surface area contributed by atoms with E-state index < -0.39 is 0 Å². The monoisotopic (exact) mass is 612 g/mol. The van der Waals surface area contributed by atoms with Crippen molar-refractivity contribution in [3.05, 3.63) is 165 Å². The molecule has 4 nitrogen and oxygen atoms in total. The molecule has 0 amide bonds. The fourth-order valence-corrected chi connectivity index (χ4v) is 6.72. The topological polar surface area (TPSA) is 52.6 Å². The van der Waals surface area contributed by atoms with Crippen molar-refractivity contribution in [3.63, 3.8) is 0 Å². The van der Waals surface area contributed by atoms with Gasteiger partial charge in [0.1, 0.15) is 24.7 Å². The maximum absolute atomic E-state index is 14.0. The van der Waals surface area contributed by atoms with Crippen LogP contribution in [-0.4, -0.2) is 24.8 Å². The molecular weight excluding hydrogens is 580 g/mol. The second-order valence-electron chi connectivity index (χ2n) is 12.5. The van der Waals surface area contributed by atoms with E-state index in [0.717, 1.165) is 43.8 Å². The van der Waals surface area contributed by atoms with Gasteiger partial charge in [0.05, 0.1) is 11.1 Å². The van der Waals surface area contributed by atoms with E-state index in [1.165, 1.54) is 11.1 Å². The van der Waals surface area contributed by atoms with Gasteiger partial charge in [0, 0.05) is 28.7 Å². The number of hydrogen-bond donors (Lipinski definition) is 0.